The van der Waals surface area contributed by atoms with Crippen molar-refractivity contribution in [3.8, 4) is 0 Å². The third kappa shape index (κ3) is 7.75. The summed E-state index contributed by atoms with van der Waals surface area (Å²) in [4.78, 5) is 37.9. The summed E-state index contributed by atoms with van der Waals surface area (Å²) in [6, 6.07) is 16.2. The van der Waals surface area contributed by atoms with Gasteiger partial charge in [-0.05, 0) is 36.1 Å². The summed E-state index contributed by atoms with van der Waals surface area (Å²) in [5.41, 5.74) is 1.78. The van der Waals surface area contributed by atoms with E-state index in [2.05, 4.69) is 10.6 Å². The Bertz CT molecular complexity index is 976. The van der Waals surface area contributed by atoms with Gasteiger partial charge in [-0.2, -0.15) is 0 Å². The molecule has 0 saturated carbocycles. The second kappa shape index (κ2) is 12.2. The molecule has 0 fully saturated rings. The molecule has 2 amide bonds. The van der Waals surface area contributed by atoms with Crippen LogP contribution in [0.3, 0.4) is 0 Å². The Balaban J connectivity index is 1.66. The van der Waals surface area contributed by atoms with Gasteiger partial charge >= 0.3 is 5.97 Å². The molecule has 1 heterocycles. The van der Waals surface area contributed by atoms with Crippen molar-refractivity contribution in [2.45, 2.75) is 38.8 Å². The van der Waals surface area contributed by atoms with Gasteiger partial charge in [0.1, 0.15) is 6.61 Å². The van der Waals surface area contributed by atoms with E-state index in [1.807, 2.05) is 61.5 Å². The number of amides is 2. The fourth-order valence-corrected chi connectivity index (χ4v) is 3.66. The zero-order valence-electron chi connectivity index (χ0n) is 18.6. The van der Waals surface area contributed by atoms with E-state index in [9.17, 15) is 14.4 Å². The first-order chi connectivity index (χ1) is 15.9. The van der Waals surface area contributed by atoms with Crippen molar-refractivity contribution in [2.24, 2.45) is 11.8 Å². The number of carbonyl (C=O) groups is 3. The summed E-state index contributed by atoms with van der Waals surface area (Å²) in [6.45, 7) is 2.22. The third-order valence-electron chi connectivity index (χ3n) is 5.60. The van der Waals surface area contributed by atoms with E-state index in [0.29, 0.717) is 24.4 Å². The van der Waals surface area contributed by atoms with E-state index < -0.39 is 17.9 Å². The van der Waals surface area contributed by atoms with E-state index in [-0.39, 0.29) is 30.8 Å². The lowest BCUT2D eigenvalue weighted by Crippen LogP contribution is -2.36. The van der Waals surface area contributed by atoms with E-state index >= 15 is 0 Å². The summed E-state index contributed by atoms with van der Waals surface area (Å²) >= 11 is 5.89. The molecule has 3 rings (SSSR count). The molecular formula is C26H29ClN2O4. The SMILES string of the molecule is CC1C/C=C\CC(CC(=O)NCc2ccc(Cl)cc2)C(=O)OCC(c2ccccc2)NC1=O. The lowest BCUT2D eigenvalue weighted by Gasteiger charge is -2.23. The van der Waals surface area contributed by atoms with Gasteiger partial charge in [0.2, 0.25) is 11.8 Å². The summed E-state index contributed by atoms with van der Waals surface area (Å²) in [5, 5.41) is 6.46. The van der Waals surface area contributed by atoms with Crippen LogP contribution < -0.4 is 10.6 Å². The van der Waals surface area contributed by atoms with Crippen LogP contribution in [0, 0.1) is 11.8 Å². The molecule has 0 aliphatic carbocycles. The van der Waals surface area contributed by atoms with E-state index in [1.54, 1.807) is 12.1 Å². The highest BCUT2D eigenvalue weighted by atomic mass is 35.5. The summed E-state index contributed by atoms with van der Waals surface area (Å²) < 4.78 is 5.57. The standard InChI is InChI=1S/C26H29ClN2O4/c1-18-7-5-6-10-21(15-24(30)28-16-19-11-13-22(27)14-12-19)26(32)33-17-23(29-25(18)31)20-8-3-2-4-9-20/h2-6,8-9,11-14,18,21,23H,7,10,15-17H2,1H3,(H,28,30)(H,29,31)/b6-5-. The zero-order chi connectivity index (χ0) is 23.6. The smallest absolute Gasteiger partial charge is 0.309 e. The van der Waals surface area contributed by atoms with Gasteiger partial charge < -0.3 is 15.4 Å². The fraction of sp³-hybridized carbons (Fsp3) is 0.346. The first-order valence-electron chi connectivity index (χ1n) is 11.1. The van der Waals surface area contributed by atoms with Crippen LogP contribution in [0.25, 0.3) is 0 Å². The number of hydrogen-bond donors (Lipinski definition) is 2. The van der Waals surface area contributed by atoms with Crippen LogP contribution in [-0.4, -0.2) is 24.4 Å². The number of rotatable bonds is 5. The average molecular weight is 469 g/mol. The van der Waals surface area contributed by atoms with Crippen molar-refractivity contribution in [3.63, 3.8) is 0 Å². The van der Waals surface area contributed by atoms with Crippen LogP contribution in [0.15, 0.2) is 66.7 Å². The van der Waals surface area contributed by atoms with E-state index in [4.69, 9.17) is 16.3 Å². The van der Waals surface area contributed by atoms with Crippen molar-refractivity contribution in [2.75, 3.05) is 6.61 Å². The number of esters is 1. The molecule has 0 radical (unpaired) electrons. The largest absolute Gasteiger partial charge is 0.463 e. The molecule has 1 aliphatic heterocycles. The number of hydrogen-bond acceptors (Lipinski definition) is 4. The Labute approximate surface area is 199 Å². The molecular weight excluding hydrogens is 440 g/mol. The van der Waals surface area contributed by atoms with Gasteiger partial charge in [0.15, 0.2) is 0 Å². The lowest BCUT2D eigenvalue weighted by molar-refractivity contribution is -0.151. The highest BCUT2D eigenvalue weighted by molar-refractivity contribution is 6.30. The number of benzene rings is 2. The predicted octanol–water partition coefficient (Wildman–Crippen LogP) is 4.35. The quantitative estimate of drug-likeness (QED) is 0.504. The number of allylic oxidation sites excluding steroid dienone is 2. The maximum Gasteiger partial charge on any atom is 0.309 e. The van der Waals surface area contributed by atoms with Crippen molar-refractivity contribution in [1.82, 2.24) is 10.6 Å². The molecule has 3 atom stereocenters. The first-order valence-corrected chi connectivity index (χ1v) is 11.5. The minimum atomic E-state index is -0.603. The monoisotopic (exact) mass is 468 g/mol. The molecule has 0 spiro atoms. The average Bonchev–Trinajstić information content (AvgIpc) is 2.82. The minimum absolute atomic E-state index is 0.00785. The van der Waals surface area contributed by atoms with Gasteiger partial charge in [0.25, 0.3) is 0 Å². The number of cyclic esters (lactones) is 1. The number of nitrogens with one attached hydrogen (secondary N) is 2. The van der Waals surface area contributed by atoms with Gasteiger partial charge in [-0.3, -0.25) is 14.4 Å². The van der Waals surface area contributed by atoms with Crippen molar-refractivity contribution >= 4 is 29.4 Å². The number of carbonyl (C=O) groups excluding carboxylic acids is 3. The van der Waals surface area contributed by atoms with Crippen molar-refractivity contribution in [1.29, 1.82) is 0 Å². The Hall–Kier alpha value is -3.12. The highest BCUT2D eigenvalue weighted by Crippen LogP contribution is 2.20. The molecule has 2 aromatic rings. The number of halogens is 1. The Morgan fingerprint density at radius 1 is 1.06 bits per heavy atom. The Kier molecular flexibility index (Phi) is 9.07. The molecule has 0 aromatic heterocycles. The molecule has 7 heteroatoms. The Morgan fingerprint density at radius 2 is 1.76 bits per heavy atom. The van der Waals surface area contributed by atoms with Gasteiger partial charge in [-0.1, -0.05) is 73.1 Å². The summed E-state index contributed by atoms with van der Waals surface area (Å²) in [5.74, 6) is -1.60. The molecule has 33 heavy (non-hydrogen) atoms. The molecule has 174 valence electrons. The van der Waals surface area contributed by atoms with Gasteiger partial charge in [0.05, 0.1) is 12.0 Å². The second-order valence-corrected chi connectivity index (χ2v) is 8.69. The molecule has 2 aromatic carbocycles. The number of ether oxygens (including phenoxy) is 1. The van der Waals surface area contributed by atoms with Gasteiger partial charge in [-0.25, -0.2) is 0 Å². The van der Waals surface area contributed by atoms with E-state index in [0.717, 1.165) is 11.1 Å². The molecule has 2 N–H and O–H groups in total. The maximum atomic E-state index is 12.8. The van der Waals surface area contributed by atoms with Crippen molar-refractivity contribution < 1.29 is 19.1 Å². The van der Waals surface area contributed by atoms with Crippen LogP contribution in [0.4, 0.5) is 0 Å². The fourth-order valence-electron chi connectivity index (χ4n) is 3.53. The van der Waals surface area contributed by atoms with Crippen molar-refractivity contribution in [3.05, 3.63) is 82.9 Å². The molecule has 0 bridgehead atoms. The molecule has 0 saturated heterocycles. The highest BCUT2D eigenvalue weighted by Gasteiger charge is 2.26. The summed E-state index contributed by atoms with van der Waals surface area (Å²) in [7, 11) is 0. The predicted molar refractivity (Wildman–Crippen MR) is 127 cm³/mol. The first kappa shape index (κ1) is 24.5. The minimum Gasteiger partial charge on any atom is -0.463 e. The second-order valence-electron chi connectivity index (χ2n) is 8.25. The molecule has 1 aliphatic rings. The molecule has 6 nitrogen and oxygen atoms in total. The lowest BCUT2D eigenvalue weighted by atomic mass is 9.98. The van der Waals surface area contributed by atoms with Crippen LogP contribution in [0.5, 0.6) is 0 Å². The Morgan fingerprint density at radius 3 is 2.48 bits per heavy atom. The molecule has 3 unspecified atom stereocenters. The van der Waals surface area contributed by atoms with Gasteiger partial charge in [0, 0.05) is 23.9 Å². The van der Waals surface area contributed by atoms with Crippen LogP contribution >= 0.6 is 11.6 Å². The van der Waals surface area contributed by atoms with Crippen LogP contribution in [0.2, 0.25) is 5.02 Å². The topological polar surface area (TPSA) is 84.5 Å². The van der Waals surface area contributed by atoms with Gasteiger partial charge in [-0.15, -0.1) is 0 Å². The van der Waals surface area contributed by atoms with Crippen LogP contribution in [-0.2, 0) is 25.7 Å². The maximum absolute atomic E-state index is 12.8. The third-order valence-corrected chi connectivity index (χ3v) is 5.86. The van der Waals surface area contributed by atoms with Crippen LogP contribution in [0.1, 0.15) is 43.4 Å². The zero-order valence-corrected chi connectivity index (χ0v) is 19.4. The normalized spacial score (nSPS) is 22.8. The van der Waals surface area contributed by atoms with E-state index in [1.165, 1.54) is 0 Å². The summed E-state index contributed by atoms with van der Waals surface area (Å²) in [6.07, 6.45) is 4.68.